The van der Waals surface area contributed by atoms with Crippen LogP contribution in [-0.4, -0.2) is 12.5 Å². The van der Waals surface area contributed by atoms with E-state index in [1.807, 2.05) is 32.0 Å². The van der Waals surface area contributed by atoms with Gasteiger partial charge in [0.2, 0.25) is 5.91 Å². The minimum Gasteiger partial charge on any atom is -0.494 e. The third-order valence-corrected chi connectivity index (χ3v) is 5.13. The average molecular weight is 348 g/mol. The SMILES string of the molecule is CCOc1ccc(NC(=O)C2(c3cccc(C)c3)CCCC2)c(C#N)c1. The summed E-state index contributed by atoms with van der Waals surface area (Å²) in [6.45, 7) is 4.48. The molecule has 1 saturated carbocycles. The first kappa shape index (κ1) is 18.0. The molecule has 0 radical (unpaired) electrons. The Hall–Kier alpha value is -2.80. The van der Waals surface area contributed by atoms with Crippen LogP contribution < -0.4 is 10.1 Å². The first-order chi connectivity index (χ1) is 12.6. The fraction of sp³-hybridized carbons (Fsp3) is 0.364. The molecule has 1 fully saturated rings. The normalized spacial score (nSPS) is 15.3. The van der Waals surface area contributed by atoms with E-state index in [-0.39, 0.29) is 5.91 Å². The van der Waals surface area contributed by atoms with Crippen molar-refractivity contribution in [3.05, 3.63) is 59.2 Å². The second kappa shape index (κ2) is 7.61. The van der Waals surface area contributed by atoms with Gasteiger partial charge < -0.3 is 10.1 Å². The van der Waals surface area contributed by atoms with Crippen molar-refractivity contribution < 1.29 is 9.53 Å². The smallest absolute Gasteiger partial charge is 0.235 e. The summed E-state index contributed by atoms with van der Waals surface area (Å²) >= 11 is 0. The molecule has 2 aromatic carbocycles. The number of ether oxygens (including phenoxy) is 1. The summed E-state index contributed by atoms with van der Waals surface area (Å²) < 4.78 is 5.45. The van der Waals surface area contributed by atoms with Gasteiger partial charge in [-0.1, -0.05) is 42.7 Å². The fourth-order valence-electron chi connectivity index (χ4n) is 3.79. The van der Waals surface area contributed by atoms with Gasteiger partial charge in [-0.3, -0.25) is 4.79 Å². The van der Waals surface area contributed by atoms with E-state index in [0.29, 0.717) is 23.6 Å². The van der Waals surface area contributed by atoms with Crippen LogP contribution in [0.4, 0.5) is 5.69 Å². The Morgan fingerprint density at radius 1 is 1.23 bits per heavy atom. The van der Waals surface area contributed by atoms with Crippen molar-refractivity contribution in [2.24, 2.45) is 0 Å². The maximum absolute atomic E-state index is 13.3. The molecule has 0 saturated heterocycles. The van der Waals surface area contributed by atoms with Gasteiger partial charge in [0.05, 0.1) is 23.3 Å². The predicted molar refractivity (Wildman–Crippen MR) is 102 cm³/mol. The maximum atomic E-state index is 13.3. The Kier molecular flexibility index (Phi) is 5.27. The molecule has 3 rings (SSSR count). The van der Waals surface area contributed by atoms with E-state index in [0.717, 1.165) is 36.8 Å². The van der Waals surface area contributed by atoms with Crippen molar-refractivity contribution in [2.75, 3.05) is 11.9 Å². The van der Waals surface area contributed by atoms with Crippen LogP contribution in [0.5, 0.6) is 5.75 Å². The van der Waals surface area contributed by atoms with Crippen molar-refractivity contribution in [3.63, 3.8) is 0 Å². The van der Waals surface area contributed by atoms with Crippen LogP contribution in [0.2, 0.25) is 0 Å². The minimum atomic E-state index is -0.517. The molecule has 1 amide bonds. The number of amides is 1. The zero-order valence-corrected chi connectivity index (χ0v) is 15.3. The molecule has 4 heteroatoms. The molecule has 0 bridgehead atoms. The van der Waals surface area contributed by atoms with Gasteiger partial charge in [-0.05, 0) is 50.5 Å². The number of hydrogen-bond acceptors (Lipinski definition) is 3. The quantitative estimate of drug-likeness (QED) is 0.851. The summed E-state index contributed by atoms with van der Waals surface area (Å²) in [5, 5.41) is 12.5. The highest BCUT2D eigenvalue weighted by Crippen LogP contribution is 2.42. The number of nitrogens with one attached hydrogen (secondary N) is 1. The van der Waals surface area contributed by atoms with Crippen molar-refractivity contribution in [1.29, 1.82) is 5.26 Å². The second-order valence-corrected chi connectivity index (χ2v) is 6.87. The molecular weight excluding hydrogens is 324 g/mol. The molecule has 0 aliphatic heterocycles. The van der Waals surface area contributed by atoms with Crippen molar-refractivity contribution in [2.45, 2.75) is 44.9 Å². The van der Waals surface area contributed by atoms with Gasteiger partial charge in [-0.2, -0.15) is 5.26 Å². The molecular formula is C22H24N2O2. The zero-order valence-electron chi connectivity index (χ0n) is 15.3. The molecule has 26 heavy (non-hydrogen) atoms. The molecule has 4 nitrogen and oxygen atoms in total. The highest BCUT2D eigenvalue weighted by molar-refractivity contribution is 6.00. The van der Waals surface area contributed by atoms with Crippen molar-refractivity contribution in [3.8, 4) is 11.8 Å². The summed E-state index contributed by atoms with van der Waals surface area (Å²) in [6, 6.07) is 15.6. The molecule has 0 spiro atoms. The van der Waals surface area contributed by atoms with Gasteiger partial charge in [0, 0.05) is 0 Å². The summed E-state index contributed by atoms with van der Waals surface area (Å²) in [5.74, 6) is 0.609. The van der Waals surface area contributed by atoms with Crippen molar-refractivity contribution in [1.82, 2.24) is 0 Å². The van der Waals surface area contributed by atoms with Gasteiger partial charge in [-0.15, -0.1) is 0 Å². The fourth-order valence-corrected chi connectivity index (χ4v) is 3.79. The van der Waals surface area contributed by atoms with E-state index in [1.165, 1.54) is 0 Å². The van der Waals surface area contributed by atoms with Crippen LogP contribution >= 0.6 is 0 Å². The number of hydrogen-bond donors (Lipinski definition) is 1. The van der Waals surface area contributed by atoms with E-state index < -0.39 is 5.41 Å². The molecule has 1 aliphatic rings. The minimum absolute atomic E-state index is 0.0266. The lowest BCUT2D eigenvalue weighted by Crippen LogP contribution is -2.38. The summed E-state index contributed by atoms with van der Waals surface area (Å²) in [7, 11) is 0. The molecule has 0 atom stereocenters. The average Bonchev–Trinajstić information content (AvgIpc) is 3.14. The number of rotatable bonds is 5. The van der Waals surface area contributed by atoms with E-state index in [1.54, 1.807) is 18.2 Å². The Balaban J connectivity index is 1.91. The lowest BCUT2D eigenvalue weighted by Gasteiger charge is -2.29. The highest BCUT2D eigenvalue weighted by atomic mass is 16.5. The number of nitrogens with zero attached hydrogens (tertiary/aromatic N) is 1. The molecule has 0 aromatic heterocycles. The first-order valence-corrected chi connectivity index (χ1v) is 9.14. The topological polar surface area (TPSA) is 62.1 Å². The summed E-state index contributed by atoms with van der Waals surface area (Å²) in [5.41, 5.74) is 2.66. The van der Waals surface area contributed by atoms with E-state index in [4.69, 9.17) is 4.74 Å². The maximum Gasteiger partial charge on any atom is 0.235 e. The lowest BCUT2D eigenvalue weighted by atomic mass is 9.77. The largest absolute Gasteiger partial charge is 0.494 e. The molecule has 1 aliphatic carbocycles. The number of nitriles is 1. The monoisotopic (exact) mass is 348 g/mol. The first-order valence-electron chi connectivity index (χ1n) is 9.14. The van der Waals surface area contributed by atoms with Crippen LogP contribution in [0.1, 0.15) is 49.3 Å². The van der Waals surface area contributed by atoms with Crippen LogP contribution in [0.25, 0.3) is 0 Å². The van der Waals surface area contributed by atoms with Crippen LogP contribution in [0.3, 0.4) is 0 Å². The Morgan fingerprint density at radius 3 is 2.65 bits per heavy atom. The van der Waals surface area contributed by atoms with Gasteiger partial charge in [0.15, 0.2) is 0 Å². The third-order valence-electron chi connectivity index (χ3n) is 5.13. The number of benzene rings is 2. The van der Waals surface area contributed by atoms with E-state index in [2.05, 4.69) is 17.5 Å². The number of carbonyl (C=O) groups excluding carboxylic acids is 1. The van der Waals surface area contributed by atoms with E-state index >= 15 is 0 Å². The number of carbonyl (C=O) groups is 1. The van der Waals surface area contributed by atoms with Gasteiger partial charge >= 0.3 is 0 Å². The van der Waals surface area contributed by atoms with Gasteiger partial charge in [0.25, 0.3) is 0 Å². The van der Waals surface area contributed by atoms with Crippen LogP contribution in [-0.2, 0) is 10.2 Å². The molecule has 0 heterocycles. The summed E-state index contributed by atoms with van der Waals surface area (Å²) in [6.07, 6.45) is 3.74. The zero-order chi connectivity index (χ0) is 18.6. The highest BCUT2D eigenvalue weighted by Gasteiger charge is 2.42. The molecule has 0 unspecified atom stereocenters. The number of aryl methyl sites for hydroxylation is 1. The molecule has 1 N–H and O–H groups in total. The van der Waals surface area contributed by atoms with E-state index in [9.17, 15) is 10.1 Å². The Labute approximate surface area is 154 Å². The van der Waals surface area contributed by atoms with Crippen LogP contribution in [0.15, 0.2) is 42.5 Å². The number of anilines is 1. The van der Waals surface area contributed by atoms with Gasteiger partial charge in [-0.25, -0.2) is 0 Å². The summed E-state index contributed by atoms with van der Waals surface area (Å²) in [4.78, 5) is 13.3. The Bertz CT molecular complexity index is 845. The Morgan fingerprint density at radius 2 is 2.00 bits per heavy atom. The van der Waals surface area contributed by atoms with Gasteiger partial charge in [0.1, 0.15) is 11.8 Å². The van der Waals surface area contributed by atoms with Crippen molar-refractivity contribution >= 4 is 11.6 Å². The standard InChI is InChI=1S/C22H24N2O2/c1-3-26-19-9-10-20(17(14-19)15-23)24-21(25)22(11-4-5-12-22)18-8-6-7-16(2)13-18/h6-10,13-14H,3-5,11-12H2,1-2H3,(H,24,25). The predicted octanol–water partition coefficient (Wildman–Crippen LogP) is 4.72. The second-order valence-electron chi connectivity index (χ2n) is 6.87. The van der Waals surface area contributed by atoms with Crippen LogP contribution in [0, 0.1) is 18.3 Å². The molecule has 134 valence electrons. The third kappa shape index (κ3) is 3.43. The lowest BCUT2D eigenvalue weighted by molar-refractivity contribution is -0.121. The molecule has 2 aromatic rings.